The minimum Gasteiger partial charge on any atom is -0.264 e. The maximum absolute atomic E-state index is 11.5. The van der Waals surface area contributed by atoms with E-state index in [4.69, 9.17) is 5.21 Å². The smallest absolute Gasteiger partial charge is 0.264 e. The average molecular weight is 175 g/mol. The summed E-state index contributed by atoms with van der Waals surface area (Å²) in [5.74, 6) is 0. The quantitative estimate of drug-likeness (QED) is 0.713. The first-order valence-electron chi connectivity index (χ1n) is 3.19. The third-order valence-electron chi connectivity index (χ3n) is 1.16. The summed E-state index contributed by atoms with van der Waals surface area (Å²) in [5.41, 5.74) is 0.151. The Morgan fingerprint density at radius 3 is 2.33 bits per heavy atom. The van der Waals surface area contributed by atoms with Crippen molar-refractivity contribution in [3.05, 3.63) is 30.3 Å². The van der Waals surface area contributed by atoms with E-state index >= 15 is 0 Å². The van der Waals surface area contributed by atoms with E-state index in [1.54, 1.807) is 18.2 Å². The molecule has 0 radical (unpaired) electrons. The molecule has 0 aliphatic rings. The fraction of sp³-hybridized carbons (Fsp3) is 0.143. The van der Waals surface area contributed by atoms with Gasteiger partial charge in [0.25, 0.3) is 0 Å². The van der Waals surface area contributed by atoms with E-state index < -0.39 is 6.61 Å². The molecule has 0 unspecified atom stereocenters. The number of nitrogens with zero attached hydrogens (tertiary/aromatic N) is 1. The molecule has 1 aromatic carbocycles. The van der Waals surface area contributed by atoms with Crippen LogP contribution in [0, 0.1) is 0 Å². The van der Waals surface area contributed by atoms with Crippen LogP contribution in [0.1, 0.15) is 0 Å². The molecule has 0 heterocycles. The zero-order chi connectivity index (χ0) is 8.97. The van der Waals surface area contributed by atoms with Crippen LogP contribution in [0.4, 0.5) is 14.5 Å². The number of hydrogen-bond acceptors (Lipinski definition) is 3. The minimum atomic E-state index is -3.03. The summed E-state index contributed by atoms with van der Waals surface area (Å²) in [4.78, 5) is 3.69. The summed E-state index contributed by atoms with van der Waals surface area (Å²) in [5, 5.41) is 8.85. The van der Waals surface area contributed by atoms with Crippen LogP contribution in [0.3, 0.4) is 0 Å². The Labute approximate surface area is 67.7 Å². The van der Waals surface area contributed by atoms with Crippen molar-refractivity contribution in [3.8, 4) is 0 Å². The van der Waals surface area contributed by atoms with Crippen molar-refractivity contribution in [1.82, 2.24) is 0 Å². The maximum Gasteiger partial charge on any atom is 0.367 e. The van der Waals surface area contributed by atoms with E-state index in [0.717, 1.165) is 0 Å². The van der Waals surface area contributed by atoms with Crippen molar-refractivity contribution in [3.63, 3.8) is 0 Å². The lowest BCUT2D eigenvalue weighted by Gasteiger charge is -2.14. The van der Waals surface area contributed by atoms with Gasteiger partial charge in [-0.05, 0) is 12.1 Å². The van der Waals surface area contributed by atoms with Crippen molar-refractivity contribution >= 4 is 5.69 Å². The largest absolute Gasteiger partial charge is 0.367 e. The highest BCUT2D eigenvalue weighted by atomic mass is 19.3. The van der Waals surface area contributed by atoms with Crippen LogP contribution in [0.2, 0.25) is 0 Å². The van der Waals surface area contributed by atoms with Crippen LogP contribution in [-0.4, -0.2) is 11.8 Å². The van der Waals surface area contributed by atoms with Gasteiger partial charge in [-0.1, -0.05) is 18.2 Å². The molecule has 3 nitrogen and oxygen atoms in total. The van der Waals surface area contributed by atoms with Gasteiger partial charge < -0.3 is 0 Å². The maximum atomic E-state index is 11.5. The van der Waals surface area contributed by atoms with E-state index in [1.807, 2.05) is 0 Å². The van der Waals surface area contributed by atoms with Crippen LogP contribution in [-0.2, 0) is 4.84 Å². The van der Waals surface area contributed by atoms with Gasteiger partial charge in [-0.15, -0.1) is 5.23 Å². The van der Waals surface area contributed by atoms with E-state index in [0.29, 0.717) is 0 Å². The monoisotopic (exact) mass is 175 g/mol. The molecule has 1 aromatic rings. The Morgan fingerprint density at radius 2 is 1.83 bits per heavy atom. The topological polar surface area (TPSA) is 32.7 Å². The number of rotatable bonds is 3. The number of halogens is 2. The predicted octanol–water partition coefficient (Wildman–Crippen LogP) is 2.04. The number of para-hydroxylation sites is 1. The third kappa shape index (κ3) is 2.44. The summed E-state index contributed by atoms with van der Waals surface area (Å²) < 4.78 is 23.1. The van der Waals surface area contributed by atoms with Crippen LogP contribution < -0.4 is 5.23 Å². The highest BCUT2D eigenvalue weighted by Crippen LogP contribution is 2.12. The van der Waals surface area contributed by atoms with Crippen molar-refractivity contribution in [1.29, 1.82) is 0 Å². The molecule has 0 aromatic heterocycles. The summed E-state index contributed by atoms with van der Waals surface area (Å²) in [6.45, 7) is -3.03. The van der Waals surface area contributed by atoms with Gasteiger partial charge in [0.05, 0.1) is 5.69 Å². The highest BCUT2D eigenvalue weighted by molar-refractivity contribution is 5.40. The molecule has 0 aliphatic carbocycles. The van der Waals surface area contributed by atoms with Crippen LogP contribution in [0.5, 0.6) is 0 Å². The summed E-state index contributed by atoms with van der Waals surface area (Å²) in [6, 6.07) is 7.74. The molecule has 0 saturated carbocycles. The van der Waals surface area contributed by atoms with E-state index in [2.05, 4.69) is 4.84 Å². The van der Waals surface area contributed by atoms with Gasteiger partial charge in [0.1, 0.15) is 0 Å². The van der Waals surface area contributed by atoms with Gasteiger partial charge >= 0.3 is 6.61 Å². The van der Waals surface area contributed by atoms with Crippen molar-refractivity contribution in [2.45, 2.75) is 6.61 Å². The first kappa shape index (κ1) is 8.89. The third-order valence-corrected chi connectivity index (χ3v) is 1.16. The first-order chi connectivity index (χ1) is 5.70. The summed E-state index contributed by atoms with van der Waals surface area (Å²) in [7, 11) is 0. The lowest BCUT2D eigenvalue weighted by molar-refractivity contribution is -0.194. The normalized spacial score (nSPS) is 10.3. The van der Waals surface area contributed by atoms with Crippen molar-refractivity contribution < 1.29 is 18.8 Å². The average Bonchev–Trinajstić information content (AvgIpc) is 2.05. The molecular weight excluding hydrogens is 168 g/mol. The van der Waals surface area contributed by atoms with Crippen LogP contribution >= 0.6 is 0 Å². The Morgan fingerprint density at radius 1 is 1.25 bits per heavy atom. The molecular formula is C7H7F2NO2. The Balaban J connectivity index is 2.59. The molecule has 0 fully saturated rings. The minimum absolute atomic E-state index is 0.0324. The molecule has 12 heavy (non-hydrogen) atoms. The van der Waals surface area contributed by atoms with Crippen LogP contribution in [0.25, 0.3) is 0 Å². The second-order valence-electron chi connectivity index (χ2n) is 1.97. The van der Waals surface area contributed by atoms with Gasteiger partial charge in [-0.3, -0.25) is 5.21 Å². The number of benzene rings is 1. The second-order valence-corrected chi connectivity index (χ2v) is 1.97. The predicted molar refractivity (Wildman–Crippen MR) is 37.8 cm³/mol. The van der Waals surface area contributed by atoms with E-state index in [9.17, 15) is 8.78 Å². The molecule has 0 aliphatic heterocycles. The van der Waals surface area contributed by atoms with Crippen LogP contribution in [0.15, 0.2) is 30.3 Å². The van der Waals surface area contributed by atoms with Gasteiger partial charge in [-0.2, -0.15) is 13.6 Å². The van der Waals surface area contributed by atoms with Crippen molar-refractivity contribution in [2.24, 2.45) is 0 Å². The molecule has 0 amide bonds. The summed E-state index contributed by atoms with van der Waals surface area (Å²) >= 11 is 0. The van der Waals surface area contributed by atoms with E-state index in [-0.39, 0.29) is 10.9 Å². The second kappa shape index (κ2) is 3.99. The molecule has 0 bridgehead atoms. The lowest BCUT2D eigenvalue weighted by atomic mass is 10.3. The number of anilines is 1. The molecule has 1 N–H and O–H groups in total. The molecule has 1 rings (SSSR count). The molecule has 0 saturated heterocycles. The van der Waals surface area contributed by atoms with E-state index in [1.165, 1.54) is 12.1 Å². The first-order valence-corrected chi connectivity index (χ1v) is 3.19. The molecule has 0 atom stereocenters. The number of hydrogen-bond donors (Lipinski definition) is 1. The molecule has 66 valence electrons. The highest BCUT2D eigenvalue weighted by Gasteiger charge is 2.09. The van der Waals surface area contributed by atoms with Gasteiger partial charge in [0.2, 0.25) is 0 Å². The Bertz CT molecular complexity index is 230. The zero-order valence-corrected chi connectivity index (χ0v) is 6.02. The SMILES string of the molecule is ON(OC(F)F)c1ccccc1. The fourth-order valence-corrected chi connectivity index (χ4v) is 0.692. The van der Waals surface area contributed by atoms with Gasteiger partial charge in [0.15, 0.2) is 0 Å². The lowest BCUT2D eigenvalue weighted by Crippen LogP contribution is -2.21. The Hall–Kier alpha value is -1.20. The standard InChI is InChI=1S/C7H7F2NO2/c8-7(9)12-10(11)6-4-2-1-3-5-6/h1-5,7,11H. The molecule has 5 heteroatoms. The fourth-order valence-electron chi connectivity index (χ4n) is 0.692. The summed E-state index contributed by atoms with van der Waals surface area (Å²) in [6.07, 6.45) is 0. The van der Waals surface area contributed by atoms with Crippen molar-refractivity contribution in [2.75, 3.05) is 5.23 Å². The van der Waals surface area contributed by atoms with Gasteiger partial charge in [-0.25, -0.2) is 0 Å². The number of alkyl halides is 2. The van der Waals surface area contributed by atoms with Gasteiger partial charge in [0, 0.05) is 0 Å². The Kier molecular flexibility index (Phi) is 2.95. The zero-order valence-electron chi connectivity index (χ0n) is 6.02. The molecule has 0 spiro atoms.